The van der Waals surface area contributed by atoms with Gasteiger partial charge >= 0.3 is 6.03 Å². The van der Waals surface area contributed by atoms with Crippen molar-refractivity contribution in [1.82, 2.24) is 20.0 Å². The Labute approximate surface area is 229 Å². The van der Waals surface area contributed by atoms with Crippen LogP contribution in [0.4, 0.5) is 10.5 Å². The molecule has 2 aromatic carbocycles. The third-order valence-corrected chi connectivity index (χ3v) is 7.15. The molecule has 2 aliphatic rings. The van der Waals surface area contributed by atoms with Crippen LogP contribution >= 0.6 is 0 Å². The lowest BCUT2D eigenvalue weighted by Gasteiger charge is -2.26. The molecule has 1 N–H and O–H groups in total. The molecular weight excluding hydrogens is 498 g/mol. The Kier molecular flexibility index (Phi) is 9.54. The van der Waals surface area contributed by atoms with Gasteiger partial charge in [-0.15, -0.1) is 0 Å². The van der Waals surface area contributed by atoms with E-state index in [1.807, 2.05) is 44.2 Å². The molecule has 4 rings (SSSR count). The van der Waals surface area contributed by atoms with Gasteiger partial charge in [-0.1, -0.05) is 36.4 Å². The highest BCUT2D eigenvalue weighted by Gasteiger charge is 2.32. The van der Waals surface area contributed by atoms with Gasteiger partial charge in [0.1, 0.15) is 13.2 Å². The lowest BCUT2D eigenvalue weighted by molar-refractivity contribution is -0.138. The van der Waals surface area contributed by atoms with Crippen LogP contribution in [-0.4, -0.2) is 104 Å². The largest absolute Gasteiger partial charge is 0.365 e. The van der Waals surface area contributed by atoms with Crippen LogP contribution in [0.1, 0.15) is 29.8 Å². The minimum atomic E-state index is -0.525. The predicted molar refractivity (Wildman–Crippen MR) is 147 cm³/mol. The van der Waals surface area contributed by atoms with Gasteiger partial charge in [-0.25, -0.2) is 4.79 Å². The zero-order valence-electron chi connectivity index (χ0n) is 22.7. The summed E-state index contributed by atoms with van der Waals surface area (Å²) in [7, 11) is 0. The van der Waals surface area contributed by atoms with Crippen LogP contribution in [0.15, 0.2) is 54.6 Å². The smallest absolute Gasteiger partial charge is 0.321 e. The van der Waals surface area contributed by atoms with Crippen LogP contribution < -0.4 is 10.2 Å². The van der Waals surface area contributed by atoms with Crippen molar-refractivity contribution in [3.8, 4) is 0 Å². The van der Waals surface area contributed by atoms with Gasteiger partial charge in [-0.05, 0) is 44.0 Å². The highest BCUT2D eigenvalue weighted by Crippen LogP contribution is 2.20. The minimum Gasteiger partial charge on any atom is -0.365 e. The van der Waals surface area contributed by atoms with Crippen molar-refractivity contribution < 1.29 is 23.9 Å². The van der Waals surface area contributed by atoms with Crippen molar-refractivity contribution in [1.29, 1.82) is 0 Å². The summed E-state index contributed by atoms with van der Waals surface area (Å²) in [5, 5.41) is 2.76. The number of hydrogen-bond acceptors (Lipinski definition) is 5. The molecule has 10 nitrogen and oxygen atoms in total. The Morgan fingerprint density at radius 3 is 2.49 bits per heavy atom. The molecular formula is C29H37N5O5. The van der Waals surface area contributed by atoms with Gasteiger partial charge in [-0.2, -0.15) is 0 Å². The van der Waals surface area contributed by atoms with E-state index in [0.717, 1.165) is 5.56 Å². The maximum Gasteiger partial charge on any atom is 0.321 e. The normalized spacial score (nSPS) is 17.7. The summed E-state index contributed by atoms with van der Waals surface area (Å²) in [4.78, 5) is 58.2. The van der Waals surface area contributed by atoms with Crippen molar-refractivity contribution in [3.05, 3.63) is 65.7 Å². The SMILES string of the molecule is CCN(CC)C(=O)CO[C@@H]1CN(CCc2ccccc2)C(=O)CN(C(=O)c2cccc(N3CCNC3=O)c2)C1. The quantitative estimate of drug-likeness (QED) is 0.502. The van der Waals surface area contributed by atoms with E-state index in [0.29, 0.717) is 50.4 Å². The molecule has 208 valence electrons. The first-order chi connectivity index (χ1) is 18.9. The van der Waals surface area contributed by atoms with E-state index >= 15 is 0 Å². The molecule has 0 aliphatic carbocycles. The Bertz CT molecular complexity index is 1170. The topological polar surface area (TPSA) is 102 Å². The molecule has 1 atom stereocenters. The van der Waals surface area contributed by atoms with Crippen molar-refractivity contribution in [3.63, 3.8) is 0 Å². The number of anilines is 1. The standard InChI is InChI=1S/C29H37N5O5/c1-3-31(4-2)27(36)21-39-25-18-32(15-13-22-9-6-5-7-10-22)26(35)20-33(19-25)28(37)23-11-8-12-24(17-23)34-16-14-30-29(34)38/h5-12,17,25H,3-4,13-16,18-21H2,1-2H3,(H,30,38)/t25-/m1/s1. The van der Waals surface area contributed by atoms with Crippen molar-refractivity contribution in [2.45, 2.75) is 26.4 Å². The summed E-state index contributed by atoms with van der Waals surface area (Å²) < 4.78 is 6.04. The van der Waals surface area contributed by atoms with Crippen molar-refractivity contribution >= 4 is 29.4 Å². The number of nitrogens with one attached hydrogen (secondary N) is 1. The van der Waals surface area contributed by atoms with E-state index in [2.05, 4.69) is 5.32 Å². The van der Waals surface area contributed by atoms with E-state index in [-0.39, 0.29) is 50.0 Å². The van der Waals surface area contributed by atoms with Gasteiger partial charge in [0, 0.05) is 57.1 Å². The lowest BCUT2D eigenvalue weighted by atomic mass is 10.1. The van der Waals surface area contributed by atoms with Crippen molar-refractivity contribution in [2.24, 2.45) is 0 Å². The predicted octanol–water partition coefficient (Wildman–Crippen LogP) is 2.00. The molecule has 0 bridgehead atoms. The molecule has 0 saturated carbocycles. The monoisotopic (exact) mass is 535 g/mol. The molecule has 2 aliphatic heterocycles. The second kappa shape index (κ2) is 13.2. The first kappa shape index (κ1) is 28.1. The summed E-state index contributed by atoms with van der Waals surface area (Å²) in [6.45, 7) is 6.79. The van der Waals surface area contributed by atoms with Crippen LogP contribution in [0.3, 0.4) is 0 Å². The number of likely N-dealkylation sites (N-methyl/N-ethyl adjacent to an activating group) is 1. The molecule has 0 unspecified atom stereocenters. The molecule has 0 spiro atoms. The molecule has 2 aromatic rings. The van der Waals surface area contributed by atoms with Crippen LogP contribution in [0.25, 0.3) is 0 Å². The van der Waals surface area contributed by atoms with Crippen LogP contribution in [0.2, 0.25) is 0 Å². The highest BCUT2D eigenvalue weighted by molar-refractivity contribution is 5.99. The van der Waals surface area contributed by atoms with E-state index in [1.54, 1.807) is 39.0 Å². The molecule has 2 heterocycles. The van der Waals surface area contributed by atoms with Gasteiger partial charge in [0.2, 0.25) is 11.8 Å². The van der Waals surface area contributed by atoms with Gasteiger partial charge in [0.05, 0.1) is 6.10 Å². The molecule has 0 radical (unpaired) electrons. The van der Waals surface area contributed by atoms with Crippen LogP contribution in [0.5, 0.6) is 0 Å². The maximum absolute atomic E-state index is 13.6. The van der Waals surface area contributed by atoms with E-state index in [9.17, 15) is 19.2 Å². The number of urea groups is 1. The third-order valence-electron chi connectivity index (χ3n) is 7.15. The number of carbonyl (C=O) groups is 4. The Morgan fingerprint density at radius 2 is 1.79 bits per heavy atom. The van der Waals surface area contributed by atoms with Gasteiger partial charge < -0.3 is 24.8 Å². The fourth-order valence-electron chi connectivity index (χ4n) is 4.93. The molecule has 2 fully saturated rings. The van der Waals surface area contributed by atoms with E-state index in [1.165, 1.54) is 4.90 Å². The van der Waals surface area contributed by atoms with Gasteiger partial charge in [-0.3, -0.25) is 19.3 Å². The van der Waals surface area contributed by atoms with Gasteiger partial charge in [0.25, 0.3) is 5.91 Å². The fourth-order valence-corrected chi connectivity index (χ4v) is 4.93. The van der Waals surface area contributed by atoms with Crippen LogP contribution in [-0.2, 0) is 20.7 Å². The Hall–Kier alpha value is -3.92. The zero-order chi connectivity index (χ0) is 27.8. The second-order valence-electron chi connectivity index (χ2n) is 9.69. The first-order valence-electron chi connectivity index (χ1n) is 13.5. The fraction of sp³-hybridized carbons (Fsp3) is 0.448. The summed E-state index contributed by atoms with van der Waals surface area (Å²) >= 11 is 0. The average molecular weight is 536 g/mol. The summed E-state index contributed by atoms with van der Waals surface area (Å²) in [6.07, 6.45) is 0.147. The number of amides is 5. The van der Waals surface area contributed by atoms with E-state index in [4.69, 9.17) is 4.74 Å². The van der Waals surface area contributed by atoms with E-state index < -0.39 is 6.10 Å². The summed E-state index contributed by atoms with van der Waals surface area (Å²) in [6, 6.07) is 16.6. The third kappa shape index (κ3) is 7.14. The molecule has 2 saturated heterocycles. The summed E-state index contributed by atoms with van der Waals surface area (Å²) in [5.74, 6) is -0.616. The Morgan fingerprint density at radius 1 is 1.03 bits per heavy atom. The number of carbonyl (C=O) groups excluding carboxylic acids is 4. The molecule has 39 heavy (non-hydrogen) atoms. The number of benzene rings is 2. The molecule has 5 amide bonds. The van der Waals surface area contributed by atoms with Crippen LogP contribution in [0, 0.1) is 0 Å². The number of hydrogen-bond donors (Lipinski definition) is 1. The summed E-state index contributed by atoms with van der Waals surface area (Å²) in [5.41, 5.74) is 2.12. The number of nitrogens with zero attached hydrogens (tertiary/aromatic N) is 4. The molecule has 10 heteroatoms. The highest BCUT2D eigenvalue weighted by atomic mass is 16.5. The number of ether oxygens (including phenoxy) is 1. The van der Waals surface area contributed by atoms with Gasteiger partial charge in [0.15, 0.2) is 0 Å². The molecule has 0 aromatic heterocycles. The van der Waals surface area contributed by atoms with Crippen molar-refractivity contribution in [2.75, 3.05) is 63.9 Å². The zero-order valence-corrected chi connectivity index (χ0v) is 22.7. The number of rotatable bonds is 10. The first-order valence-corrected chi connectivity index (χ1v) is 13.5. The average Bonchev–Trinajstić information content (AvgIpc) is 3.32. The minimum absolute atomic E-state index is 0.0914. The second-order valence-corrected chi connectivity index (χ2v) is 9.69. The maximum atomic E-state index is 13.6. The lowest BCUT2D eigenvalue weighted by Crippen LogP contribution is -2.41. The Balaban J connectivity index is 1.51.